The summed E-state index contributed by atoms with van der Waals surface area (Å²) in [7, 11) is 0. The van der Waals surface area contributed by atoms with Crippen molar-refractivity contribution in [3.05, 3.63) is 41.4 Å². The molecule has 102 valence electrons. The van der Waals surface area contributed by atoms with Crippen LogP contribution in [0.3, 0.4) is 0 Å². The van der Waals surface area contributed by atoms with Crippen LogP contribution in [0.25, 0.3) is 0 Å². The van der Waals surface area contributed by atoms with E-state index in [0.717, 1.165) is 0 Å². The molecule has 2 N–H and O–H groups in total. The van der Waals surface area contributed by atoms with Crippen molar-refractivity contribution >= 4 is 29.3 Å². The number of carbonyl (C=O) groups is 2. The smallest absolute Gasteiger partial charge is 0.335 e. The number of benzene rings is 1. The van der Waals surface area contributed by atoms with Gasteiger partial charge in [0.25, 0.3) is 0 Å². The Balaban J connectivity index is 2.91. The van der Waals surface area contributed by atoms with E-state index in [-0.39, 0.29) is 22.3 Å². The van der Waals surface area contributed by atoms with Crippen molar-refractivity contribution in [1.29, 1.82) is 0 Å². The number of anilines is 1. The number of urea groups is 1. The SMILES string of the molecule is C=CCN(CC)C(=O)Nc1cc(C(=O)O)ccc1Cl. The average Bonchev–Trinajstić information content (AvgIpc) is 2.38. The Hall–Kier alpha value is -2.01. The van der Waals surface area contributed by atoms with Gasteiger partial charge in [0.1, 0.15) is 0 Å². The zero-order valence-electron chi connectivity index (χ0n) is 10.5. The lowest BCUT2D eigenvalue weighted by Crippen LogP contribution is -2.34. The van der Waals surface area contributed by atoms with Crippen LogP contribution < -0.4 is 5.32 Å². The fourth-order valence-electron chi connectivity index (χ4n) is 1.46. The molecule has 1 rings (SSSR count). The second-order valence-electron chi connectivity index (χ2n) is 3.76. The molecule has 0 saturated carbocycles. The summed E-state index contributed by atoms with van der Waals surface area (Å²) in [5.41, 5.74) is 0.334. The summed E-state index contributed by atoms with van der Waals surface area (Å²) in [4.78, 5) is 24.3. The summed E-state index contributed by atoms with van der Waals surface area (Å²) in [6.45, 7) is 6.31. The first kappa shape index (κ1) is 15.0. The highest BCUT2D eigenvalue weighted by atomic mass is 35.5. The number of amides is 2. The second kappa shape index (κ2) is 6.80. The first-order valence-corrected chi connectivity index (χ1v) is 6.07. The number of hydrogen-bond acceptors (Lipinski definition) is 2. The number of likely N-dealkylation sites (N-methyl/N-ethyl adjacent to an activating group) is 1. The van der Waals surface area contributed by atoms with E-state index in [1.807, 2.05) is 6.92 Å². The lowest BCUT2D eigenvalue weighted by molar-refractivity contribution is 0.0697. The Morgan fingerprint density at radius 3 is 2.74 bits per heavy atom. The maximum atomic E-state index is 11.9. The molecule has 0 saturated heterocycles. The van der Waals surface area contributed by atoms with Gasteiger partial charge in [-0.15, -0.1) is 6.58 Å². The molecule has 0 aliphatic carbocycles. The zero-order valence-corrected chi connectivity index (χ0v) is 11.3. The van der Waals surface area contributed by atoms with Crippen molar-refractivity contribution in [2.45, 2.75) is 6.92 Å². The van der Waals surface area contributed by atoms with E-state index in [9.17, 15) is 9.59 Å². The summed E-state index contributed by atoms with van der Waals surface area (Å²) in [5, 5.41) is 11.8. The van der Waals surface area contributed by atoms with Crippen molar-refractivity contribution in [2.75, 3.05) is 18.4 Å². The van der Waals surface area contributed by atoms with Gasteiger partial charge >= 0.3 is 12.0 Å². The molecular weight excluding hydrogens is 268 g/mol. The van der Waals surface area contributed by atoms with Gasteiger partial charge in [-0.2, -0.15) is 0 Å². The van der Waals surface area contributed by atoms with Gasteiger partial charge in [-0.3, -0.25) is 0 Å². The summed E-state index contributed by atoms with van der Waals surface area (Å²) >= 11 is 5.92. The third-order valence-corrected chi connectivity index (χ3v) is 2.80. The summed E-state index contributed by atoms with van der Waals surface area (Å²) in [6.07, 6.45) is 1.61. The number of carboxylic acids is 1. The van der Waals surface area contributed by atoms with Gasteiger partial charge in [-0.25, -0.2) is 9.59 Å². The zero-order chi connectivity index (χ0) is 14.4. The Bertz CT molecular complexity index is 503. The van der Waals surface area contributed by atoms with Crippen molar-refractivity contribution in [3.8, 4) is 0 Å². The predicted octanol–water partition coefficient (Wildman–Crippen LogP) is 3.08. The number of carbonyl (C=O) groups excluding carboxylic acids is 1. The third-order valence-electron chi connectivity index (χ3n) is 2.47. The minimum Gasteiger partial charge on any atom is -0.478 e. The topological polar surface area (TPSA) is 69.6 Å². The molecule has 0 atom stereocenters. The van der Waals surface area contributed by atoms with E-state index < -0.39 is 5.97 Å². The van der Waals surface area contributed by atoms with E-state index in [2.05, 4.69) is 11.9 Å². The fraction of sp³-hybridized carbons (Fsp3) is 0.231. The second-order valence-corrected chi connectivity index (χ2v) is 4.16. The van der Waals surface area contributed by atoms with Gasteiger partial charge in [-0.1, -0.05) is 17.7 Å². The highest BCUT2D eigenvalue weighted by Crippen LogP contribution is 2.23. The molecule has 0 fully saturated rings. The van der Waals surface area contributed by atoms with Crippen LogP contribution in [0.2, 0.25) is 5.02 Å². The van der Waals surface area contributed by atoms with Gasteiger partial charge < -0.3 is 15.3 Å². The van der Waals surface area contributed by atoms with Crippen molar-refractivity contribution in [2.24, 2.45) is 0 Å². The van der Waals surface area contributed by atoms with E-state index in [1.165, 1.54) is 23.1 Å². The molecular formula is C13H15ClN2O3. The number of carboxylic acid groups (broad SMARTS) is 1. The molecule has 2 amide bonds. The predicted molar refractivity (Wildman–Crippen MR) is 74.9 cm³/mol. The molecule has 0 heterocycles. The lowest BCUT2D eigenvalue weighted by Gasteiger charge is -2.20. The van der Waals surface area contributed by atoms with Gasteiger partial charge in [0.05, 0.1) is 16.3 Å². The number of hydrogen-bond donors (Lipinski definition) is 2. The molecule has 0 radical (unpaired) electrons. The molecule has 1 aromatic rings. The van der Waals surface area contributed by atoms with Crippen LogP contribution in [0.15, 0.2) is 30.9 Å². The maximum absolute atomic E-state index is 11.9. The first-order chi connectivity index (χ1) is 8.99. The lowest BCUT2D eigenvalue weighted by atomic mass is 10.2. The standard InChI is InChI=1S/C13H15ClN2O3/c1-3-7-16(4-2)13(19)15-11-8-9(12(17)18)5-6-10(11)14/h3,5-6,8H,1,4,7H2,2H3,(H,15,19)(H,17,18). The number of nitrogens with one attached hydrogen (secondary N) is 1. The molecule has 0 unspecified atom stereocenters. The van der Waals surface area contributed by atoms with Gasteiger partial charge in [0, 0.05) is 13.1 Å². The van der Waals surface area contributed by atoms with Crippen LogP contribution in [-0.2, 0) is 0 Å². The minimum atomic E-state index is -1.08. The van der Waals surface area contributed by atoms with Gasteiger partial charge in [-0.05, 0) is 25.1 Å². The molecule has 6 heteroatoms. The van der Waals surface area contributed by atoms with Crippen molar-refractivity contribution in [1.82, 2.24) is 4.90 Å². The van der Waals surface area contributed by atoms with Gasteiger partial charge in [0.2, 0.25) is 0 Å². The average molecular weight is 283 g/mol. The molecule has 0 spiro atoms. The van der Waals surface area contributed by atoms with Crippen molar-refractivity contribution < 1.29 is 14.7 Å². The molecule has 5 nitrogen and oxygen atoms in total. The first-order valence-electron chi connectivity index (χ1n) is 5.69. The Labute approximate surface area is 116 Å². The van der Waals surface area contributed by atoms with Crippen LogP contribution >= 0.6 is 11.6 Å². The molecule has 1 aromatic carbocycles. The van der Waals surface area contributed by atoms with Crippen LogP contribution in [0.1, 0.15) is 17.3 Å². The van der Waals surface area contributed by atoms with Crippen molar-refractivity contribution in [3.63, 3.8) is 0 Å². The molecule has 0 aliphatic heterocycles. The molecule has 0 aliphatic rings. The Morgan fingerprint density at radius 2 is 2.21 bits per heavy atom. The Kier molecular flexibility index (Phi) is 5.38. The quantitative estimate of drug-likeness (QED) is 0.816. The van der Waals surface area contributed by atoms with Crippen LogP contribution in [0, 0.1) is 0 Å². The molecule has 0 bridgehead atoms. The van der Waals surface area contributed by atoms with E-state index in [0.29, 0.717) is 13.1 Å². The van der Waals surface area contributed by atoms with E-state index in [4.69, 9.17) is 16.7 Å². The summed E-state index contributed by atoms with van der Waals surface area (Å²) < 4.78 is 0. The van der Waals surface area contributed by atoms with E-state index >= 15 is 0 Å². The maximum Gasteiger partial charge on any atom is 0.335 e. The Morgan fingerprint density at radius 1 is 1.53 bits per heavy atom. The third kappa shape index (κ3) is 3.99. The largest absolute Gasteiger partial charge is 0.478 e. The highest BCUT2D eigenvalue weighted by Gasteiger charge is 2.13. The fourth-order valence-corrected chi connectivity index (χ4v) is 1.62. The van der Waals surface area contributed by atoms with Crippen LogP contribution in [0.4, 0.5) is 10.5 Å². The number of halogens is 1. The number of nitrogens with zero attached hydrogens (tertiary/aromatic N) is 1. The summed E-state index contributed by atoms with van der Waals surface area (Å²) in [5.74, 6) is -1.08. The number of rotatable bonds is 5. The molecule has 19 heavy (non-hydrogen) atoms. The number of aromatic carboxylic acids is 1. The van der Waals surface area contributed by atoms with Crippen LogP contribution in [0.5, 0.6) is 0 Å². The molecule has 0 aromatic heterocycles. The normalized spacial score (nSPS) is 9.79. The monoisotopic (exact) mass is 282 g/mol. The highest BCUT2D eigenvalue weighted by molar-refractivity contribution is 6.33. The van der Waals surface area contributed by atoms with Crippen LogP contribution in [-0.4, -0.2) is 35.1 Å². The van der Waals surface area contributed by atoms with Gasteiger partial charge in [0.15, 0.2) is 0 Å². The van der Waals surface area contributed by atoms with E-state index in [1.54, 1.807) is 6.08 Å². The minimum absolute atomic E-state index is 0.0615. The summed E-state index contributed by atoms with van der Waals surface area (Å²) in [6, 6.07) is 3.78.